The van der Waals surface area contributed by atoms with Gasteiger partial charge in [0.1, 0.15) is 5.82 Å². The van der Waals surface area contributed by atoms with Crippen LogP contribution >= 0.6 is 15.9 Å². The third-order valence-corrected chi connectivity index (χ3v) is 3.96. The summed E-state index contributed by atoms with van der Waals surface area (Å²) in [5, 5.41) is 7.84. The van der Waals surface area contributed by atoms with Crippen molar-refractivity contribution in [2.24, 2.45) is 0 Å². The van der Waals surface area contributed by atoms with Gasteiger partial charge >= 0.3 is 0 Å². The van der Waals surface area contributed by atoms with E-state index >= 15 is 0 Å². The zero-order valence-corrected chi connectivity index (χ0v) is 15.0. The van der Waals surface area contributed by atoms with E-state index in [-0.39, 0.29) is 23.9 Å². The van der Waals surface area contributed by atoms with Crippen LogP contribution in [0.15, 0.2) is 49.9 Å². The molecule has 2 aromatic heterocycles. The Balaban J connectivity index is 1.81. The van der Waals surface area contributed by atoms with Crippen LogP contribution in [0.3, 0.4) is 0 Å². The highest BCUT2D eigenvalue weighted by atomic mass is 79.9. The first-order valence-corrected chi connectivity index (χ1v) is 8.48. The second-order valence-electron chi connectivity index (χ2n) is 5.33. The van der Waals surface area contributed by atoms with Gasteiger partial charge in [0.25, 0.3) is 11.8 Å². The average molecular weight is 408 g/mol. The lowest BCUT2D eigenvalue weighted by atomic mass is 10.2. The molecule has 0 aliphatic rings. The van der Waals surface area contributed by atoms with E-state index in [1.54, 1.807) is 18.2 Å². The first kappa shape index (κ1) is 17.3. The molecule has 0 aliphatic heterocycles. The monoisotopic (exact) mass is 407 g/mol. The molecule has 1 amide bonds. The highest BCUT2D eigenvalue weighted by Gasteiger charge is 2.22. The Morgan fingerprint density at radius 2 is 2.16 bits per heavy atom. The normalized spacial score (nSPS) is 10.8. The second-order valence-corrected chi connectivity index (χ2v) is 6.24. The predicted octanol–water partition coefficient (Wildman–Crippen LogP) is 4.28. The van der Waals surface area contributed by atoms with Crippen LogP contribution < -0.4 is 0 Å². The number of aromatic nitrogens is 2. The van der Waals surface area contributed by atoms with Gasteiger partial charge in [0.05, 0.1) is 18.4 Å². The fraction of sp³-hybridized carbons (Fsp3) is 0.235. The average Bonchev–Trinajstić information content (AvgIpc) is 3.27. The van der Waals surface area contributed by atoms with Crippen LogP contribution in [0.1, 0.15) is 29.6 Å². The Hall–Kier alpha value is -2.48. The minimum atomic E-state index is -0.573. The van der Waals surface area contributed by atoms with Crippen molar-refractivity contribution in [1.29, 1.82) is 0 Å². The largest absolute Gasteiger partial charge is 0.459 e. The summed E-state index contributed by atoms with van der Waals surface area (Å²) in [7, 11) is 0. The summed E-state index contributed by atoms with van der Waals surface area (Å²) >= 11 is 3.26. The number of hydrogen-bond donors (Lipinski definition) is 0. The molecule has 3 rings (SSSR count). The van der Waals surface area contributed by atoms with E-state index in [9.17, 15) is 9.18 Å². The van der Waals surface area contributed by atoms with Crippen molar-refractivity contribution in [3.05, 3.63) is 58.3 Å². The Morgan fingerprint density at radius 3 is 2.88 bits per heavy atom. The number of nitrogens with zero attached hydrogens (tertiary/aromatic N) is 3. The number of carbonyl (C=O) groups is 1. The third-order valence-electron chi connectivity index (χ3n) is 3.46. The summed E-state index contributed by atoms with van der Waals surface area (Å²) in [4.78, 5) is 14.2. The minimum Gasteiger partial charge on any atom is -0.459 e. The van der Waals surface area contributed by atoms with Crippen LogP contribution in [0.4, 0.5) is 4.39 Å². The van der Waals surface area contributed by atoms with Gasteiger partial charge in [0.2, 0.25) is 5.89 Å². The number of furan rings is 1. The van der Waals surface area contributed by atoms with Gasteiger partial charge in [-0.25, -0.2) is 4.39 Å². The lowest BCUT2D eigenvalue weighted by molar-refractivity contribution is 0.0723. The van der Waals surface area contributed by atoms with Crippen LogP contribution in [-0.4, -0.2) is 27.5 Å². The molecule has 1 aromatic carbocycles. The number of carbonyl (C=O) groups excluding carboxylic acids is 1. The van der Waals surface area contributed by atoms with E-state index in [2.05, 4.69) is 26.1 Å². The smallest absolute Gasteiger partial charge is 0.283 e. The molecule has 2 heterocycles. The maximum Gasteiger partial charge on any atom is 0.283 e. The molecule has 0 radical (unpaired) electrons. The summed E-state index contributed by atoms with van der Waals surface area (Å²) in [6.07, 6.45) is 2.21. The SMILES string of the molecule is CCCN(Cc1nnc(-c2ccco2)o1)C(=O)c1cc(Br)ccc1F. The van der Waals surface area contributed by atoms with Crippen molar-refractivity contribution >= 4 is 21.8 Å². The van der Waals surface area contributed by atoms with Gasteiger partial charge in [0.15, 0.2) is 5.76 Å². The molecular weight excluding hydrogens is 393 g/mol. The first-order valence-electron chi connectivity index (χ1n) is 7.69. The summed E-state index contributed by atoms with van der Waals surface area (Å²) in [5.41, 5.74) is -0.00593. The molecule has 3 aromatic rings. The van der Waals surface area contributed by atoms with E-state index in [4.69, 9.17) is 8.83 Å². The fourth-order valence-electron chi connectivity index (χ4n) is 2.33. The topological polar surface area (TPSA) is 72.4 Å². The van der Waals surface area contributed by atoms with Crippen molar-refractivity contribution in [2.75, 3.05) is 6.54 Å². The zero-order chi connectivity index (χ0) is 17.8. The Morgan fingerprint density at radius 1 is 1.32 bits per heavy atom. The van der Waals surface area contributed by atoms with Crippen LogP contribution in [0.25, 0.3) is 11.7 Å². The second kappa shape index (κ2) is 7.60. The Labute approximate surface area is 151 Å². The molecule has 0 spiro atoms. The van der Waals surface area contributed by atoms with Crippen molar-refractivity contribution in [2.45, 2.75) is 19.9 Å². The molecule has 0 bridgehead atoms. The highest BCUT2D eigenvalue weighted by Crippen LogP contribution is 2.21. The van der Waals surface area contributed by atoms with Crippen molar-refractivity contribution in [1.82, 2.24) is 15.1 Å². The minimum absolute atomic E-state index is 0.00593. The molecule has 0 saturated carbocycles. The van der Waals surface area contributed by atoms with E-state index in [0.717, 1.165) is 0 Å². The molecule has 0 fully saturated rings. The molecule has 0 aliphatic carbocycles. The molecule has 130 valence electrons. The predicted molar refractivity (Wildman–Crippen MR) is 91.1 cm³/mol. The van der Waals surface area contributed by atoms with Crippen LogP contribution in [0, 0.1) is 5.82 Å². The van der Waals surface area contributed by atoms with Crippen molar-refractivity contribution < 1.29 is 18.0 Å². The molecule has 25 heavy (non-hydrogen) atoms. The van der Waals surface area contributed by atoms with Gasteiger partial charge in [-0.1, -0.05) is 22.9 Å². The van der Waals surface area contributed by atoms with E-state index < -0.39 is 11.7 Å². The molecular formula is C17H15BrFN3O3. The van der Waals surface area contributed by atoms with Gasteiger partial charge in [-0.2, -0.15) is 0 Å². The van der Waals surface area contributed by atoms with Crippen LogP contribution in [-0.2, 0) is 6.54 Å². The summed E-state index contributed by atoms with van der Waals surface area (Å²) in [5.74, 6) is -0.0687. The Kier molecular flexibility index (Phi) is 5.28. The van der Waals surface area contributed by atoms with Crippen LogP contribution in [0.2, 0.25) is 0 Å². The lowest BCUT2D eigenvalue weighted by Crippen LogP contribution is -2.32. The molecule has 0 atom stereocenters. The third kappa shape index (κ3) is 3.96. The van der Waals surface area contributed by atoms with Crippen molar-refractivity contribution in [3.8, 4) is 11.7 Å². The van der Waals surface area contributed by atoms with Crippen molar-refractivity contribution in [3.63, 3.8) is 0 Å². The maximum atomic E-state index is 14.0. The number of hydrogen-bond acceptors (Lipinski definition) is 5. The standard InChI is InChI=1S/C17H15BrFN3O3/c1-2-7-22(17(23)12-9-11(18)5-6-13(12)19)10-15-20-21-16(25-15)14-4-3-8-24-14/h3-6,8-9H,2,7,10H2,1H3. The van der Waals surface area contributed by atoms with E-state index in [1.807, 2.05) is 6.92 Å². The quantitative estimate of drug-likeness (QED) is 0.609. The highest BCUT2D eigenvalue weighted by molar-refractivity contribution is 9.10. The van der Waals surface area contributed by atoms with Gasteiger partial charge in [-0.3, -0.25) is 4.79 Å². The number of rotatable bonds is 6. The summed E-state index contributed by atoms with van der Waals surface area (Å²) in [6, 6.07) is 7.67. The van der Waals surface area contributed by atoms with Crippen LogP contribution in [0.5, 0.6) is 0 Å². The molecule has 0 unspecified atom stereocenters. The molecule has 8 heteroatoms. The summed E-state index contributed by atoms with van der Waals surface area (Å²) < 4.78 is 25.4. The molecule has 0 N–H and O–H groups in total. The molecule has 6 nitrogen and oxygen atoms in total. The van der Waals surface area contributed by atoms with Gasteiger partial charge in [0, 0.05) is 11.0 Å². The van der Waals surface area contributed by atoms with Gasteiger partial charge in [-0.05, 0) is 36.8 Å². The van der Waals surface area contributed by atoms with Gasteiger partial charge in [-0.15, -0.1) is 10.2 Å². The van der Waals surface area contributed by atoms with E-state index in [1.165, 1.54) is 23.3 Å². The summed E-state index contributed by atoms with van der Waals surface area (Å²) in [6.45, 7) is 2.45. The van der Waals surface area contributed by atoms with E-state index in [0.29, 0.717) is 23.2 Å². The number of halogens is 2. The number of benzene rings is 1. The first-order chi connectivity index (χ1) is 12.1. The fourth-order valence-corrected chi connectivity index (χ4v) is 2.70. The maximum absolute atomic E-state index is 14.0. The van der Waals surface area contributed by atoms with Gasteiger partial charge < -0.3 is 13.7 Å². The molecule has 0 saturated heterocycles. The Bertz CT molecular complexity index is 864. The zero-order valence-electron chi connectivity index (χ0n) is 13.4. The number of amides is 1. The lowest BCUT2D eigenvalue weighted by Gasteiger charge is -2.20.